The van der Waals surface area contributed by atoms with Crippen LogP contribution in [0, 0.1) is 5.92 Å². The highest BCUT2D eigenvalue weighted by Crippen LogP contribution is 2.35. The van der Waals surface area contributed by atoms with Crippen LogP contribution in [0.25, 0.3) is 0 Å². The standard InChI is InChI=1S/C21H30ClN3O2/c1-15(26)24-13-19-9-8-18(25(19)14-16-6-7-16)12-21(27)23-11-10-17-4-2-3-5-20(17)22/h2-5,16,18-19H,6-14H2,1H3,(H,23,27)(H,24,26)/t18-,19+/m0/s1. The van der Waals surface area contributed by atoms with Crippen molar-refractivity contribution >= 4 is 23.4 Å². The van der Waals surface area contributed by atoms with Gasteiger partial charge in [-0.05, 0) is 49.7 Å². The fraction of sp³-hybridized carbons (Fsp3) is 0.619. The zero-order valence-electron chi connectivity index (χ0n) is 16.0. The molecular weight excluding hydrogens is 362 g/mol. The van der Waals surface area contributed by atoms with Gasteiger partial charge in [0.2, 0.25) is 11.8 Å². The van der Waals surface area contributed by atoms with E-state index in [1.807, 2.05) is 24.3 Å². The monoisotopic (exact) mass is 391 g/mol. The van der Waals surface area contributed by atoms with Gasteiger partial charge in [0.1, 0.15) is 0 Å². The van der Waals surface area contributed by atoms with Crippen molar-refractivity contribution in [3.05, 3.63) is 34.9 Å². The molecule has 1 heterocycles. The normalized spacial score (nSPS) is 22.6. The van der Waals surface area contributed by atoms with Crippen molar-refractivity contribution in [1.82, 2.24) is 15.5 Å². The van der Waals surface area contributed by atoms with E-state index in [1.54, 1.807) is 6.92 Å². The van der Waals surface area contributed by atoms with Gasteiger partial charge in [-0.15, -0.1) is 0 Å². The minimum Gasteiger partial charge on any atom is -0.356 e. The molecule has 2 amide bonds. The third-order valence-electron chi connectivity index (χ3n) is 5.62. The van der Waals surface area contributed by atoms with E-state index >= 15 is 0 Å². The lowest BCUT2D eigenvalue weighted by molar-refractivity contribution is -0.122. The Bertz CT molecular complexity index is 663. The summed E-state index contributed by atoms with van der Waals surface area (Å²) in [6.07, 6.45) is 5.93. The summed E-state index contributed by atoms with van der Waals surface area (Å²) in [4.78, 5) is 26.2. The highest BCUT2D eigenvalue weighted by Gasteiger charge is 2.37. The number of hydrogen-bond donors (Lipinski definition) is 2. The van der Waals surface area contributed by atoms with E-state index in [9.17, 15) is 9.59 Å². The quantitative estimate of drug-likeness (QED) is 0.680. The second-order valence-corrected chi connectivity index (χ2v) is 8.26. The van der Waals surface area contributed by atoms with Gasteiger partial charge in [-0.25, -0.2) is 0 Å². The van der Waals surface area contributed by atoms with Gasteiger partial charge in [-0.3, -0.25) is 14.5 Å². The first-order valence-electron chi connectivity index (χ1n) is 10.0. The van der Waals surface area contributed by atoms with Gasteiger partial charge in [0, 0.05) is 50.1 Å². The number of benzene rings is 1. The Hall–Kier alpha value is -1.59. The van der Waals surface area contributed by atoms with Crippen LogP contribution in [0.1, 0.15) is 44.6 Å². The zero-order valence-corrected chi connectivity index (χ0v) is 16.8. The van der Waals surface area contributed by atoms with Crippen molar-refractivity contribution in [1.29, 1.82) is 0 Å². The number of rotatable bonds is 9. The number of carbonyl (C=O) groups is 2. The molecule has 1 aliphatic heterocycles. The molecule has 0 radical (unpaired) electrons. The molecule has 2 aliphatic rings. The smallest absolute Gasteiger partial charge is 0.221 e. The Morgan fingerprint density at radius 3 is 2.56 bits per heavy atom. The summed E-state index contributed by atoms with van der Waals surface area (Å²) in [5, 5.41) is 6.74. The summed E-state index contributed by atoms with van der Waals surface area (Å²) in [6.45, 7) is 3.91. The molecule has 0 bridgehead atoms. The van der Waals surface area contributed by atoms with Gasteiger partial charge in [0.05, 0.1) is 0 Å². The van der Waals surface area contributed by atoms with Crippen LogP contribution in [-0.4, -0.2) is 48.4 Å². The van der Waals surface area contributed by atoms with E-state index in [4.69, 9.17) is 11.6 Å². The van der Waals surface area contributed by atoms with Crippen molar-refractivity contribution in [3.8, 4) is 0 Å². The van der Waals surface area contributed by atoms with Gasteiger partial charge < -0.3 is 10.6 Å². The van der Waals surface area contributed by atoms with E-state index in [0.717, 1.165) is 42.3 Å². The minimum absolute atomic E-state index is 0.0159. The molecular formula is C21H30ClN3O2. The average Bonchev–Trinajstić information content (AvgIpc) is 3.37. The summed E-state index contributed by atoms with van der Waals surface area (Å²) in [7, 11) is 0. The van der Waals surface area contributed by atoms with E-state index in [0.29, 0.717) is 25.6 Å². The third-order valence-corrected chi connectivity index (χ3v) is 5.99. The Morgan fingerprint density at radius 2 is 1.85 bits per heavy atom. The molecule has 0 aromatic heterocycles. The maximum Gasteiger partial charge on any atom is 0.221 e. The average molecular weight is 392 g/mol. The molecule has 27 heavy (non-hydrogen) atoms. The van der Waals surface area contributed by atoms with Crippen LogP contribution < -0.4 is 10.6 Å². The van der Waals surface area contributed by atoms with Gasteiger partial charge in [-0.2, -0.15) is 0 Å². The Morgan fingerprint density at radius 1 is 1.11 bits per heavy atom. The van der Waals surface area contributed by atoms with Crippen LogP contribution in [0.4, 0.5) is 0 Å². The molecule has 2 atom stereocenters. The van der Waals surface area contributed by atoms with Gasteiger partial charge in [0.25, 0.3) is 0 Å². The number of nitrogens with one attached hydrogen (secondary N) is 2. The fourth-order valence-corrected chi connectivity index (χ4v) is 4.17. The molecule has 0 unspecified atom stereocenters. The van der Waals surface area contributed by atoms with Crippen molar-refractivity contribution in [3.63, 3.8) is 0 Å². The SMILES string of the molecule is CC(=O)NC[C@H]1CC[C@@H](CC(=O)NCCc2ccccc2Cl)N1CC1CC1. The van der Waals surface area contributed by atoms with Crippen LogP contribution in [0.3, 0.4) is 0 Å². The molecule has 1 aromatic carbocycles. The number of amides is 2. The molecule has 3 rings (SSSR count). The third kappa shape index (κ3) is 6.22. The van der Waals surface area contributed by atoms with Crippen molar-refractivity contribution in [2.24, 2.45) is 5.92 Å². The minimum atomic E-state index is 0.0159. The predicted octanol–water partition coefficient (Wildman–Crippen LogP) is 2.77. The highest BCUT2D eigenvalue weighted by molar-refractivity contribution is 6.31. The molecule has 148 valence electrons. The number of carbonyl (C=O) groups excluding carboxylic acids is 2. The van der Waals surface area contributed by atoms with Crippen LogP contribution in [0.15, 0.2) is 24.3 Å². The molecule has 1 aromatic rings. The maximum absolute atomic E-state index is 12.5. The first-order valence-corrected chi connectivity index (χ1v) is 10.4. The zero-order chi connectivity index (χ0) is 19.2. The van der Waals surface area contributed by atoms with Crippen molar-refractivity contribution < 1.29 is 9.59 Å². The number of halogens is 1. The predicted molar refractivity (Wildman–Crippen MR) is 108 cm³/mol. The molecule has 2 fully saturated rings. The number of nitrogens with zero attached hydrogens (tertiary/aromatic N) is 1. The maximum atomic E-state index is 12.5. The molecule has 5 nitrogen and oxygen atoms in total. The summed E-state index contributed by atoms with van der Waals surface area (Å²) in [5.74, 6) is 0.892. The molecule has 1 saturated heterocycles. The van der Waals surface area contributed by atoms with Crippen molar-refractivity contribution in [2.75, 3.05) is 19.6 Å². The van der Waals surface area contributed by atoms with E-state index in [1.165, 1.54) is 12.8 Å². The number of likely N-dealkylation sites (tertiary alicyclic amines) is 1. The first kappa shape index (κ1) is 20.2. The number of hydrogen-bond acceptors (Lipinski definition) is 3. The van der Waals surface area contributed by atoms with Crippen LogP contribution in [0.2, 0.25) is 5.02 Å². The second kappa shape index (κ2) is 9.56. The Labute approximate surface area is 166 Å². The van der Waals surface area contributed by atoms with Gasteiger partial charge >= 0.3 is 0 Å². The van der Waals surface area contributed by atoms with E-state index in [-0.39, 0.29) is 17.9 Å². The summed E-state index contributed by atoms with van der Waals surface area (Å²) >= 11 is 6.17. The van der Waals surface area contributed by atoms with Crippen LogP contribution in [-0.2, 0) is 16.0 Å². The Kier molecular flexibility index (Phi) is 7.13. The van der Waals surface area contributed by atoms with Gasteiger partial charge in [-0.1, -0.05) is 29.8 Å². The first-order chi connectivity index (χ1) is 13.0. The van der Waals surface area contributed by atoms with Crippen LogP contribution >= 0.6 is 11.6 Å². The topological polar surface area (TPSA) is 61.4 Å². The molecule has 1 saturated carbocycles. The largest absolute Gasteiger partial charge is 0.356 e. The highest BCUT2D eigenvalue weighted by atomic mass is 35.5. The summed E-state index contributed by atoms with van der Waals surface area (Å²) < 4.78 is 0. The lowest BCUT2D eigenvalue weighted by Gasteiger charge is -2.30. The van der Waals surface area contributed by atoms with Gasteiger partial charge in [0.15, 0.2) is 0 Å². The molecule has 0 spiro atoms. The van der Waals surface area contributed by atoms with E-state index < -0.39 is 0 Å². The summed E-state index contributed by atoms with van der Waals surface area (Å²) in [5.41, 5.74) is 1.06. The Balaban J connectivity index is 1.46. The fourth-order valence-electron chi connectivity index (χ4n) is 3.94. The van der Waals surface area contributed by atoms with E-state index in [2.05, 4.69) is 15.5 Å². The van der Waals surface area contributed by atoms with Crippen LogP contribution in [0.5, 0.6) is 0 Å². The molecule has 1 aliphatic carbocycles. The van der Waals surface area contributed by atoms with Crippen molar-refractivity contribution in [2.45, 2.75) is 57.5 Å². The second-order valence-electron chi connectivity index (χ2n) is 7.86. The molecule has 2 N–H and O–H groups in total. The summed E-state index contributed by atoms with van der Waals surface area (Å²) in [6, 6.07) is 8.39. The molecule has 6 heteroatoms. The lowest BCUT2D eigenvalue weighted by atomic mass is 10.1. The lowest BCUT2D eigenvalue weighted by Crippen LogP contribution is -2.45.